The number of oxazole rings is 1. The van der Waals surface area contributed by atoms with E-state index >= 15 is 0 Å². The Bertz CT molecular complexity index is 949. The van der Waals surface area contributed by atoms with Crippen LogP contribution in [0, 0.1) is 0 Å². The molecular formula is C23H26N2O3. The summed E-state index contributed by atoms with van der Waals surface area (Å²) in [5.74, 6) is 0.323. The number of anilines is 1. The molecule has 1 heterocycles. The predicted molar refractivity (Wildman–Crippen MR) is 112 cm³/mol. The van der Waals surface area contributed by atoms with E-state index in [1.54, 1.807) is 6.92 Å². The molecule has 0 amide bonds. The molecule has 0 saturated carbocycles. The number of hydrogen-bond donors (Lipinski definition) is 1. The highest BCUT2D eigenvalue weighted by atomic mass is 16.5. The Hall–Kier alpha value is -3.08. The summed E-state index contributed by atoms with van der Waals surface area (Å²) in [7, 11) is 1.85. The standard InChI is InChI=1S/C23H26N2O3/c1-6-27-22(26)19-20(15-9-13-18(24-5)14-10-15)28-21(25-19)16-7-11-17(12-8-16)23(2,3)4/h7-14,24H,6H2,1-5H3. The Morgan fingerprint density at radius 3 is 2.18 bits per heavy atom. The highest BCUT2D eigenvalue weighted by Crippen LogP contribution is 2.32. The van der Waals surface area contributed by atoms with Gasteiger partial charge in [-0.25, -0.2) is 9.78 Å². The van der Waals surface area contributed by atoms with Crippen LogP contribution in [0.4, 0.5) is 5.69 Å². The third-order valence-corrected chi connectivity index (χ3v) is 4.53. The molecule has 28 heavy (non-hydrogen) atoms. The van der Waals surface area contributed by atoms with Crippen molar-refractivity contribution in [1.29, 1.82) is 0 Å². The van der Waals surface area contributed by atoms with Crippen molar-refractivity contribution in [3.63, 3.8) is 0 Å². The number of esters is 1. The quantitative estimate of drug-likeness (QED) is 0.592. The third kappa shape index (κ3) is 4.09. The smallest absolute Gasteiger partial charge is 0.361 e. The molecule has 0 spiro atoms. The molecular weight excluding hydrogens is 352 g/mol. The zero-order valence-electron chi connectivity index (χ0n) is 17.0. The van der Waals surface area contributed by atoms with Crippen LogP contribution in [0.15, 0.2) is 52.9 Å². The summed E-state index contributed by atoms with van der Waals surface area (Å²) in [6.45, 7) is 8.54. The maximum absolute atomic E-state index is 12.4. The van der Waals surface area contributed by atoms with Crippen LogP contribution in [0.1, 0.15) is 43.7 Å². The Morgan fingerprint density at radius 1 is 1.04 bits per heavy atom. The van der Waals surface area contributed by atoms with Crippen LogP contribution in [0.5, 0.6) is 0 Å². The summed E-state index contributed by atoms with van der Waals surface area (Å²) in [6, 6.07) is 15.7. The van der Waals surface area contributed by atoms with Crippen LogP contribution in [-0.2, 0) is 10.2 Å². The molecule has 5 nitrogen and oxygen atoms in total. The van der Waals surface area contributed by atoms with Crippen LogP contribution < -0.4 is 5.32 Å². The summed E-state index contributed by atoms with van der Waals surface area (Å²) in [4.78, 5) is 16.9. The Kier molecular flexibility index (Phi) is 5.54. The van der Waals surface area contributed by atoms with E-state index in [2.05, 4.69) is 43.2 Å². The van der Waals surface area contributed by atoms with E-state index in [1.807, 2.05) is 43.4 Å². The number of hydrogen-bond acceptors (Lipinski definition) is 5. The molecule has 3 aromatic rings. The van der Waals surface area contributed by atoms with E-state index in [1.165, 1.54) is 5.56 Å². The summed E-state index contributed by atoms with van der Waals surface area (Å²) in [5.41, 5.74) is 4.03. The van der Waals surface area contributed by atoms with E-state index < -0.39 is 5.97 Å². The van der Waals surface area contributed by atoms with Gasteiger partial charge in [0.2, 0.25) is 5.89 Å². The largest absolute Gasteiger partial charge is 0.461 e. The normalized spacial score (nSPS) is 11.3. The van der Waals surface area contributed by atoms with E-state index in [9.17, 15) is 4.79 Å². The van der Waals surface area contributed by atoms with Crippen molar-refractivity contribution in [1.82, 2.24) is 4.98 Å². The fraction of sp³-hybridized carbons (Fsp3) is 0.304. The van der Waals surface area contributed by atoms with Crippen molar-refractivity contribution in [2.24, 2.45) is 0 Å². The van der Waals surface area contributed by atoms with Crippen LogP contribution >= 0.6 is 0 Å². The molecule has 0 radical (unpaired) electrons. The number of nitrogens with zero attached hydrogens (tertiary/aromatic N) is 1. The lowest BCUT2D eigenvalue weighted by Crippen LogP contribution is -2.10. The maximum atomic E-state index is 12.4. The molecule has 1 N–H and O–H groups in total. The minimum Gasteiger partial charge on any atom is -0.461 e. The Balaban J connectivity index is 2.04. The van der Waals surface area contributed by atoms with Crippen molar-refractivity contribution in [3.8, 4) is 22.8 Å². The summed E-state index contributed by atoms with van der Waals surface area (Å²) in [6.07, 6.45) is 0. The van der Waals surface area contributed by atoms with Crippen molar-refractivity contribution < 1.29 is 13.9 Å². The molecule has 0 fully saturated rings. The SMILES string of the molecule is CCOC(=O)c1nc(-c2ccc(C(C)(C)C)cc2)oc1-c1ccc(NC)cc1. The number of carbonyl (C=O) groups is 1. The van der Waals surface area contributed by atoms with Crippen molar-refractivity contribution >= 4 is 11.7 Å². The molecule has 0 saturated heterocycles. The lowest BCUT2D eigenvalue weighted by Gasteiger charge is -2.18. The predicted octanol–water partition coefficient (Wildman–Crippen LogP) is 5.52. The first-order valence-corrected chi connectivity index (χ1v) is 9.40. The minimum atomic E-state index is -0.489. The second-order valence-electron chi connectivity index (χ2n) is 7.57. The molecule has 0 aliphatic heterocycles. The topological polar surface area (TPSA) is 64.4 Å². The third-order valence-electron chi connectivity index (χ3n) is 4.53. The van der Waals surface area contributed by atoms with Crippen LogP contribution in [0.25, 0.3) is 22.8 Å². The van der Waals surface area contributed by atoms with Gasteiger partial charge in [0.1, 0.15) is 0 Å². The Labute approximate surface area is 165 Å². The van der Waals surface area contributed by atoms with E-state index in [0.717, 1.165) is 16.8 Å². The van der Waals surface area contributed by atoms with Gasteiger partial charge in [-0.1, -0.05) is 32.9 Å². The van der Waals surface area contributed by atoms with Crippen LogP contribution in [-0.4, -0.2) is 24.6 Å². The van der Waals surface area contributed by atoms with Crippen LogP contribution in [0.3, 0.4) is 0 Å². The lowest BCUT2D eigenvalue weighted by atomic mass is 9.87. The molecule has 1 aromatic heterocycles. The molecule has 3 rings (SSSR count). The second-order valence-corrected chi connectivity index (χ2v) is 7.57. The number of benzene rings is 2. The number of carbonyl (C=O) groups excluding carboxylic acids is 1. The van der Waals surface area contributed by atoms with E-state index in [4.69, 9.17) is 9.15 Å². The molecule has 146 valence electrons. The fourth-order valence-corrected chi connectivity index (χ4v) is 2.88. The van der Waals surface area contributed by atoms with Gasteiger partial charge in [0, 0.05) is 23.9 Å². The zero-order valence-corrected chi connectivity index (χ0v) is 17.0. The van der Waals surface area contributed by atoms with Gasteiger partial charge in [0.15, 0.2) is 11.5 Å². The average Bonchev–Trinajstić information content (AvgIpc) is 3.13. The van der Waals surface area contributed by atoms with Crippen LogP contribution in [0.2, 0.25) is 0 Å². The number of nitrogens with one attached hydrogen (secondary N) is 1. The van der Waals surface area contributed by atoms with Gasteiger partial charge < -0.3 is 14.5 Å². The highest BCUT2D eigenvalue weighted by Gasteiger charge is 2.23. The molecule has 0 aliphatic rings. The average molecular weight is 378 g/mol. The zero-order chi connectivity index (χ0) is 20.3. The van der Waals surface area contributed by atoms with Crippen molar-refractivity contribution in [2.75, 3.05) is 19.0 Å². The second kappa shape index (κ2) is 7.89. The monoisotopic (exact) mass is 378 g/mol. The molecule has 5 heteroatoms. The van der Waals surface area contributed by atoms with Crippen molar-refractivity contribution in [2.45, 2.75) is 33.1 Å². The summed E-state index contributed by atoms with van der Waals surface area (Å²) in [5, 5.41) is 3.07. The first kappa shape index (κ1) is 19.7. The molecule has 0 atom stereocenters. The van der Waals surface area contributed by atoms with Gasteiger partial charge in [-0.05, 0) is 54.3 Å². The lowest BCUT2D eigenvalue weighted by molar-refractivity contribution is 0.0520. The summed E-state index contributed by atoms with van der Waals surface area (Å²) < 4.78 is 11.2. The first-order valence-electron chi connectivity index (χ1n) is 9.40. The van der Waals surface area contributed by atoms with Gasteiger partial charge in [-0.15, -0.1) is 0 Å². The van der Waals surface area contributed by atoms with E-state index in [-0.39, 0.29) is 17.7 Å². The number of rotatable bonds is 5. The fourth-order valence-electron chi connectivity index (χ4n) is 2.88. The van der Waals surface area contributed by atoms with Gasteiger partial charge >= 0.3 is 5.97 Å². The highest BCUT2D eigenvalue weighted by molar-refractivity contribution is 5.94. The number of aromatic nitrogens is 1. The van der Waals surface area contributed by atoms with Gasteiger partial charge in [0.05, 0.1) is 6.61 Å². The molecule has 2 aromatic carbocycles. The summed E-state index contributed by atoms with van der Waals surface area (Å²) >= 11 is 0. The molecule has 0 aliphatic carbocycles. The van der Waals surface area contributed by atoms with Crippen molar-refractivity contribution in [3.05, 3.63) is 59.8 Å². The van der Waals surface area contributed by atoms with Gasteiger partial charge in [0.25, 0.3) is 0 Å². The van der Waals surface area contributed by atoms with Gasteiger partial charge in [-0.3, -0.25) is 0 Å². The minimum absolute atomic E-state index is 0.0609. The molecule has 0 bridgehead atoms. The Morgan fingerprint density at radius 2 is 1.64 bits per heavy atom. The maximum Gasteiger partial charge on any atom is 0.361 e. The molecule has 0 unspecified atom stereocenters. The van der Waals surface area contributed by atoms with Gasteiger partial charge in [-0.2, -0.15) is 0 Å². The van der Waals surface area contributed by atoms with E-state index in [0.29, 0.717) is 11.7 Å². The first-order chi connectivity index (χ1) is 13.3. The number of ether oxygens (including phenoxy) is 1.